The summed E-state index contributed by atoms with van der Waals surface area (Å²) in [6.45, 7) is 1.67. The number of aliphatic hydroxyl groups is 2. The van der Waals surface area contributed by atoms with E-state index < -0.39 is 17.4 Å². The lowest BCUT2D eigenvalue weighted by atomic mass is 9.82. The van der Waals surface area contributed by atoms with Gasteiger partial charge in [0.2, 0.25) is 0 Å². The molecule has 0 fully saturated rings. The van der Waals surface area contributed by atoms with Gasteiger partial charge in [-0.15, -0.1) is 0 Å². The highest BCUT2D eigenvalue weighted by Crippen LogP contribution is 2.47. The Hall–Kier alpha value is -3.16. The minimum atomic E-state index is -1.76. The number of benzene rings is 2. The van der Waals surface area contributed by atoms with Gasteiger partial charge in [0.05, 0.1) is 11.4 Å². The Morgan fingerprint density at radius 3 is 2.73 bits per heavy atom. The minimum absolute atomic E-state index is 0.00517. The van der Waals surface area contributed by atoms with Gasteiger partial charge >= 0.3 is 0 Å². The fraction of sp³-hybridized carbons (Fsp3) is 0.304. The van der Waals surface area contributed by atoms with Crippen molar-refractivity contribution in [3.63, 3.8) is 0 Å². The molecule has 7 nitrogen and oxygen atoms in total. The molecule has 2 heterocycles. The van der Waals surface area contributed by atoms with Gasteiger partial charge in [-0.1, -0.05) is 31.2 Å². The summed E-state index contributed by atoms with van der Waals surface area (Å²) in [5, 5.41) is 20.5. The Bertz CT molecular complexity index is 1030. The number of ether oxygens (including phenoxy) is 1. The van der Waals surface area contributed by atoms with Crippen molar-refractivity contribution in [3.05, 3.63) is 60.2 Å². The molecule has 0 aliphatic carbocycles. The number of nitrogens with zero attached hydrogens (tertiary/aromatic N) is 2. The average molecular weight is 408 g/mol. The Morgan fingerprint density at radius 1 is 1.20 bits per heavy atom. The fourth-order valence-corrected chi connectivity index (χ4v) is 4.08. The molecule has 0 saturated carbocycles. The summed E-state index contributed by atoms with van der Waals surface area (Å²) in [6.07, 6.45) is 3.93. The number of carbonyl (C=O) groups is 2. The fourth-order valence-electron chi connectivity index (χ4n) is 4.08. The summed E-state index contributed by atoms with van der Waals surface area (Å²) in [7, 11) is 1.62. The SMILES string of the molecule is C[C@@H](/C=C/CCO)[C@]1(O)C(=O)N(C)c2ccc(N3C(=O)COc4ccccc43)cc21. The number of para-hydroxylation sites is 2. The molecule has 2 N–H and O–H groups in total. The second-order valence-corrected chi connectivity index (χ2v) is 7.55. The summed E-state index contributed by atoms with van der Waals surface area (Å²) in [5.74, 6) is -0.584. The van der Waals surface area contributed by atoms with Crippen LogP contribution in [0.5, 0.6) is 5.75 Å². The quantitative estimate of drug-likeness (QED) is 0.742. The molecule has 0 spiro atoms. The molecule has 30 heavy (non-hydrogen) atoms. The molecule has 0 aromatic heterocycles. The van der Waals surface area contributed by atoms with Gasteiger partial charge in [0, 0.05) is 30.8 Å². The highest BCUT2D eigenvalue weighted by Gasteiger charge is 2.51. The average Bonchev–Trinajstić information content (AvgIpc) is 2.95. The Morgan fingerprint density at radius 2 is 1.97 bits per heavy atom. The first-order valence-corrected chi connectivity index (χ1v) is 9.87. The Kier molecular flexibility index (Phi) is 5.09. The van der Waals surface area contributed by atoms with Crippen LogP contribution in [0.3, 0.4) is 0 Å². The first kappa shape index (κ1) is 20.1. The van der Waals surface area contributed by atoms with Gasteiger partial charge in [-0.25, -0.2) is 0 Å². The third-order valence-electron chi connectivity index (χ3n) is 5.73. The van der Waals surface area contributed by atoms with Gasteiger partial charge in [-0.05, 0) is 36.8 Å². The molecule has 2 aromatic carbocycles. The van der Waals surface area contributed by atoms with Crippen LogP contribution >= 0.6 is 0 Å². The molecule has 0 radical (unpaired) electrons. The minimum Gasteiger partial charge on any atom is -0.482 e. The molecule has 4 rings (SSSR count). The van der Waals surface area contributed by atoms with Crippen LogP contribution in [-0.4, -0.2) is 42.3 Å². The number of anilines is 3. The largest absolute Gasteiger partial charge is 0.482 e. The summed E-state index contributed by atoms with van der Waals surface area (Å²) in [4.78, 5) is 28.7. The summed E-state index contributed by atoms with van der Waals surface area (Å²) in [6, 6.07) is 12.5. The molecule has 0 saturated heterocycles. The van der Waals surface area contributed by atoms with Crippen molar-refractivity contribution >= 4 is 28.9 Å². The maximum Gasteiger partial charge on any atom is 0.269 e. The van der Waals surface area contributed by atoms with Gasteiger partial charge in [0.15, 0.2) is 12.2 Å². The van der Waals surface area contributed by atoms with E-state index in [1.807, 2.05) is 12.1 Å². The highest BCUT2D eigenvalue weighted by molar-refractivity contribution is 6.09. The second-order valence-electron chi connectivity index (χ2n) is 7.55. The monoisotopic (exact) mass is 408 g/mol. The van der Waals surface area contributed by atoms with E-state index in [-0.39, 0.29) is 19.1 Å². The van der Waals surface area contributed by atoms with Crippen LogP contribution in [-0.2, 0) is 15.2 Å². The zero-order valence-corrected chi connectivity index (χ0v) is 16.9. The molecule has 2 atom stereocenters. The molecule has 2 aliphatic rings. The second kappa shape index (κ2) is 7.59. The molecular weight excluding hydrogens is 384 g/mol. The molecule has 7 heteroatoms. The number of likely N-dealkylation sites (N-methyl/N-ethyl adjacent to an activating group) is 1. The molecule has 0 unspecified atom stereocenters. The number of amides is 2. The third kappa shape index (κ3) is 2.98. The van der Waals surface area contributed by atoms with E-state index in [0.29, 0.717) is 34.8 Å². The molecule has 0 bridgehead atoms. The van der Waals surface area contributed by atoms with Crippen molar-refractivity contribution in [2.45, 2.75) is 18.9 Å². The van der Waals surface area contributed by atoms with Gasteiger partial charge < -0.3 is 19.8 Å². The molecule has 2 amide bonds. The van der Waals surface area contributed by atoms with Crippen LogP contribution in [0.1, 0.15) is 18.9 Å². The van der Waals surface area contributed by atoms with Gasteiger partial charge in [0.1, 0.15) is 5.75 Å². The summed E-state index contributed by atoms with van der Waals surface area (Å²) >= 11 is 0. The van der Waals surface area contributed by atoms with Crippen LogP contribution in [0.15, 0.2) is 54.6 Å². The maximum atomic E-state index is 13.0. The third-order valence-corrected chi connectivity index (χ3v) is 5.73. The van der Waals surface area contributed by atoms with Crippen molar-refractivity contribution in [3.8, 4) is 5.75 Å². The van der Waals surface area contributed by atoms with E-state index in [9.17, 15) is 14.7 Å². The van der Waals surface area contributed by atoms with Crippen molar-refractivity contribution in [2.75, 3.05) is 30.1 Å². The number of rotatable bonds is 5. The van der Waals surface area contributed by atoms with E-state index in [1.54, 1.807) is 61.4 Å². The lowest BCUT2D eigenvalue weighted by Crippen LogP contribution is -2.43. The van der Waals surface area contributed by atoms with Crippen LogP contribution in [0, 0.1) is 5.92 Å². The van der Waals surface area contributed by atoms with Crippen molar-refractivity contribution in [1.82, 2.24) is 0 Å². The lowest BCUT2D eigenvalue weighted by Gasteiger charge is -2.31. The van der Waals surface area contributed by atoms with Crippen LogP contribution in [0.2, 0.25) is 0 Å². The number of fused-ring (bicyclic) bond motifs is 2. The molecule has 156 valence electrons. The molecule has 2 aromatic rings. The van der Waals surface area contributed by atoms with Crippen LogP contribution in [0.25, 0.3) is 0 Å². The predicted octanol–water partition coefficient (Wildman–Crippen LogP) is 2.48. The van der Waals surface area contributed by atoms with Gasteiger partial charge in [-0.2, -0.15) is 0 Å². The summed E-state index contributed by atoms with van der Waals surface area (Å²) in [5.41, 5.74) is 0.461. The van der Waals surface area contributed by atoms with Crippen molar-refractivity contribution < 1.29 is 24.5 Å². The first-order chi connectivity index (χ1) is 14.4. The lowest BCUT2D eigenvalue weighted by molar-refractivity contribution is -0.139. The summed E-state index contributed by atoms with van der Waals surface area (Å²) < 4.78 is 5.52. The van der Waals surface area contributed by atoms with E-state index in [0.717, 1.165) is 0 Å². The molecular formula is C23H24N2O5. The number of hydrogen-bond acceptors (Lipinski definition) is 5. The maximum absolute atomic E-state index is 13.0. The van der Waals surface area contributed by atoms with E-state index >= 15 is 0 Å². The van der Waals surface area contributed by atoms with Gasteiger partial charge in [-0.3, -0.25) is 14.5 Å². The molecule has 2 aliphatic heterocycles. The predicted molar refractivity (Wildman–Crippen MR) is 113 cm³/mol. The Labute approximate surface area is 174 Å². The smallest absolute Gasteiger partial charge is 0.269 e. The number of aliphatic hydroxyl groups excluding tert-OH is 1. The first-order valence-electron chi connectivity index (χ1n) is 9.87. The van der Waals surface area contributed by atoms with E-state index in [4.69, 9.17) is 9.84 Å². The number of hydrogen-bond donors (Lipinski definition) is 2. The number of carbonyl (C=O) groups excluding carboxylic acids is 2. The highest BCUT2D eigenvalue weighted by atomic mass is 16.5. The topological polar surface area (TPSA) is 90.3 Å². The zero-order valence-electron chi connectivity index (χ0n) is 16.9. The standard InChI is InChI=1S/C23H24N2O5/c1-15(7-5-6-12-26)23(29)17-13-16(10-11-18(17)24(2)22(23)28)25-19-8-3-4-9-20(19)30-14-21(25)27/h3-5,7-11,13,15,26,29H,6,12,14H2,1-2H3/b7-5+/t15-,23+/m0/s1. The Balaban J connectivity index is 1.81. The van der Waals surface area contributed by atoms with Crippen molar-refractivity contribution in [2.24, 2.45) is 5.92 Å². The zero-order chi connectivity index (χ0) is 21.5. The van der Waals surface area contributed by atoms with Crippen LogP contribution in [0.4, 0.5) is 17.1 Å². The van der Waals surface area contributed by atoms with Crippen LogP contribution < -0.4 is 14.5 Å². The van der Waals surface area contributed by atoms with Gasteiger partial charge in [0.25, 0.3) is 11.8 Å². The van der Waals surface area contributed by atoms with E-state index in [1.165, 1.54) is 4.90 Å². The normalized spacial score (nSPS) is 21.6. The van der Waals surface area contributed by atoms with Crippen molar-refractivity contribution in [1.29, 1.82) is 0 Å². The van der Waals surface area contributed by atoms with E-state index in [2.05, 4.69) is 0 Å².